The van der Waals surface area contributed by atoms with E-state index in [4.69, 9.17) is 15.4 Å². The molecule has 0 atom stereocenters. The first-order chi connectivity index (χ1) is 23.3. The first kappa shape index (κ1) is 25.7. The quantitative estimate of drug-likeness (QED) is 0.189. The lowest BCUT2D eigenvalue weighted by molar-refractivity contribution is 0.668. The van der Waals surface area contributed by atoms with Crippen LogP contribution < -0.4 is 0 Å². The summed E-state index contributed by atoms with van der Waals surface area (Å²) in [4.78, 5) is 3.89. The van der Waals surface area contributed by atoms with E-state index in [2.05, 4.69) is 119 Å². The van der Waals surface area contributed by atoms with E-state index in [0.29, 0.717) is 11.3 Å². The average Bonchev–Trinajstić information content (AvgIpc) is 3.81. The third-order valence-corrected chi connectivity index (χ3v) is 9.44. The molecule has 3 aromatic heterocycles. The number of aromatic nitrogens is 1. The Morgan fingerprint density at radius 3 is 2.11 bits per heavy atom. The van der Waals surface area contributed by atoms with Gasteiger partial charge in [-0.1, -0.05) is 121 Å². The van der Waals surface area contributed by atoms with Gasteiger partial charge in [0.25, 0.3) is 0 Å². The normalized spacial score (nSPS) is 11.8. The Kier molecular flexibility index (Phi) is 5.32. The van der Waals surface area contributed by atoms with E-state index < -0.39 is 0 Å². The van der Waals surface area contributed by atoms with Gasteiger partial charge in [-0.15, -0.1) is 0 Å². The number of rotatable bonds is 3. The standard InChI is InChI=1S/C43H24N2O2/c1-44-35-24-23-31(33-16-9-15-32-30-14-6-8-20-39(30)46-41(32)33)40-34-17-10-19-37(42(34)47-43(35)40)45-36-18-7-5-13-28(36)29-22-21-27(25-38(29)45)26-11-3-2-4-12-26/h2-25H. The van der Waals surface area contributed by atoms with Crippen LogP contribution >= 0.6 is 0 Å². The van der Waals surface area contributed by atoms with Crippen molar-refractivity contribution in [2.75, 3.05) is 0 Å². The van der Waals surface area contributed by atoms with Crippen LogP contribution in [-0.4, -0.2) is 4.57 Å². The van der Waals surface area contributed by atoms with Crippen LogP contribution in [-0.2, 0) is 0 Å². The van der Waals surface area contributed by atoms with Crippen LogP contribution in [0, 0.1) is 6.57 Å². The van der Waals surface area contributed by atoms with Crippen LogP contribution in [0.3, 0.4) is 0 Å². The number of fused-ring (bicyclic) bond motifs is 9. The van der Waals surface area contributed by atoms with Gasteiger partial charge in [0.15, 0.2) is 5.58 Å². The summed E-state index contributed by atoms with van der Waals surface area (Å²) in [6, 6.07) is 50.3. The molecule has 10 rings (SSSR count). The SMILES string of the molecule is [C-]#[N+]c1ccc(-c2cccc3c2oc2ccccc23)c2c1oc1c(-n3c4ccccc4c4ccc(-c5ccccc5)cc43)cccc12. The van der Waals surface area contributed by atoms with Gasteiger partial charge in [0.1, 0.15) is 16.7 Å². The van der Waals surface area contributed by atoms with Crippen LogP contribution in [0.2, 0.25) is 0 Å². The summed E-state index contributed by atoms with van der Waals surface area (Å²) in [5, 5.41) is 6.36. The van der Waals surface area contributed by atoms with Crippen molar-refractivity contribution in [3.8, 4) is 27.9 Å². The van der Waals surface area contributed by atoms with E-state index in [1.54, 1.807) is 0 Å². The molecular weight excluding hydrogens is 576 g/mol. The summed E-state index contributed by atoms with van der Waals surface area (Å²) in [5.41, 5.74) is 10.9. The highest BCUT2D eigenvalue weighted by Gasteiger charge is 2.23. The van der Waals surface area contributed by atoms with Crippen LogP contribution in [0.1, 0.15) is 0 Å². The Hall–Kier alpha value is -6.57. The van der Waals surface area contributed by atoms with Crippen molar-refractivity contribution in [3.63, 3.8) is 0 Å². The maximum atomic E-state index is 8.03. The van der Waals surface area contributed by atoms with Crippen molar-refractivity contribution >= 4 is 71.4 Å². The molecule has 47 heavy (non-hydrogen) atoms. The van der Waals surface area contributed by atoms with Crippen molar-refractivity contribution in [3.05, 3.63) is 157 Å². The molecule has 0 amide bonds. The van der Waals surface area contributed by atoms with Gasteiger partial charge >= 0.3 is 0 Å². The fourth-order valence-electron chi connectivity index (χ4n) is 7.36. The molecule has 0 aliphatic rings. The highest BCUT2D eigenvalue weighted by atomic mass is 16.3. The molecule has 3 heterocycles. The van der Waals surface area contributed by atoms with Gasteiger partial charge in [-0.05, 0) is 41.0 Å². The second-order valence-electron chi connectivity index (χ2n) is 11.9. The molecule has 0 radical (unpaired) electrons. The van der Waals surface area contributed by atoms with Gasteiger partial charge in [-0.3, -0.25) is 0 Å². The highest BCUT2D eigenvalue weighted by molar-refractivity contribution is 6.21. The van der Waals surface area contributed by atoms with Crippen molar-refractivity contribution < 1.29 is 8.83 Å². The fraction of sp³-hybridized carbons (Fsp3) is 0. The molecule has 4 heteroatoms. The van der Waals surface area contributed by atoms with Crippen molar-refractivity contribution in [2.45, 2.75) is 0 Å². The summed E-state index contributed by atoms with van der Waals surface area (Å²) in [5.74, 6) is 0. The topological polar surface area (TPSA) is 35.6 Å². The van der Waals surface area contributed by atoms with Crippen LogP contribution in [0.4, 0.5) is 5.69 Å². The lowest BCUT2D eigenvalue weighted by atomic mass is 9.97. The van der Waals surface area contributed by atoms with Crippen LogP contribution in [0.15, 0.2) is 154 Å². The third kappa shape index (κ3) is 3.63. The van der Waals surface area contributed by atoms with Crippen molar-refractivity contribution in [1.29, 1.82) is 0 Å². The number of benzene rings is 7. The predicted octanol–water partition coefficient (Wildman–Crippen LogP) is 12.5. The Morgan fingerprint density at radius 1 is 0.468 bits per heavy atom. The smallest absolute Gasteiger partial charge is 0.229 e. The molecule has 0 N–H and O–H groups in total. The Balaban J connectivity index is 1.30. The van der Waals surface area contributed by atoms with Gasteiger partial charge in [-0.2, -0.15) is 0 Å². The summed E-state index contributed by atoms with van der Waals surface area (Å²) < 4.78 is 15.6. The molecule has 0 spiro atoms. The van der Waals surface area contributed by atoms with Crippen LogP contribution in [0.5, 0.6) is 0 Å². The molecule has 0 aliphatic carbocycles. The van der Waals surface area contributed by atoms with Gasteiger partial charge in [-0.25, -0.2) is 4.85 Å². The lowest BCUT2D eigenvalue weighted by Crippen LogP contribution is -1.94. The van der Waals surface area contributed by atoms with Gasteiger partial charge in [0, 0.05) is 37.9 Å². The van der Waals surface area contributed by atoms with E-state index >= 15 is 0 Å². The molecule has 4 nitrogen and oxygen atoms in total. The summed E-state index contributed by atoms with van der Waals surface area (Å²) in [6.07, 6.45) is 0. The highest BCUT2D eigenvalue weighted by Crippen LogP contribution is 2.46. The fourth-order valence-corrected chi connectivity index (χ4v) is 7.36. The van der Waals surface area contributed by atoms with E-state index in [9.17, 15) is 0 Å². The predicted molar refractivity (Wildman–Crippen MR) is 192 cm³/mol. The van der Waals surface area contributed by atoms with Crippen molar-refractivity contribution in [1.82, 2.24) is 4.57 Å². The molecule has 0 bridgehead atoms. The van der Waals surface area contributed by atoms with Gasteiger partial charge < -0.3 is 13.4 Å². The van der Waals surface area contributed by atoms with E-state index in [1.807, 2.05) is 36.4 Å². The minimum Gasteiger partial charge on any atom is -0.465 e. The lowest BCUT2D eigenvalue weighted by Gasteiger charge is -2.10. The zero-order valence-electron chi connectivity index (χ0n) is 25.1. The minimum absolute atomic E-state index is 0.483. The molecule has 0 fully saturated rings. The number of hydrogen-bond donors (Lipinski definition) is 0. The molecule has 0 aliphatic heterocycles. The Bertz CT molecular complexity index is 2920. The maximum absolute atomic E-state index is 8.03. The van der Waals surface area contributed by atoms with Gasteiger partial charge in [0.05, 0.1) is 23.3 Å². The second kappa shape index (κ2) is 9.71. The van der Waals surface area contributed by atoms with E-state index in [-0.39, 0.29) is 0 Å². The number of hydrogen-bond acceptors (Lipinski definition) is 2. The van der Waals surface area contributed by atoms with E-state index in [0.717, 1.165) is 71.7 Å². The first-order valence-corrected chi connectivity index (χ1v) is 15.6. The van der Waals surface area contributed by atoms with Crippen molar-refractivity contribution in [2.24, 2.45) is 0 Å². The second-order valence-corrected chi connectivity index (χ2v) is 11.9. The van der Waals surface area contributed by atoms with E-state index in [1.165, 1.54) is 16.3 Å². The molecule has 0 saturated carbocycles. The zero-order valence-corrected chi connectivity index (χ0v) is 25.1. The zero-order chi connectivity index (χ0) is 31.1. The minimum atomic E-state index is 0.483. The summed E-state index contributed by atoms with van der Waals surface area (Å²) >= 11 is 0. The maximum Gasteiger partial charge on any atom is 0.229 e. The summed E-state index contributed by atoms with van der Waals surface area (Å²) in [6.45, 7) is 8.03. The monoisotopic (exact) mass is 600 g/mol. The van der Waals surface area contributed by atoms with Gasteiger partial charge in [0.2, 0.25) is 5.69 Å². The summed E-state index contributed by atoms with van der Waals surface area (Å²) in [7, 11) is 0. The Labute approximate surface area is 269 Å². The Morgan fingerprint density at radius 2 is 1.21 bits per heavy atom. The molecule has 0 unspecified atom stereocenters. The molecular formula is C43H24N2O2. The first-order valence-electron chi connectivity index (χ1n) is 15.6. The average molecular weight is 601 g/mol. The van der Waals surface area contributed by atoms with Crippen LogP contribution in [0.25, 0.3) is 98.5 Å². The molecule has 10 aromatic rings. The molecule has 218 valence electrons. The molecule has 0 saturated heterocycles. The molecule has 7 aromatic carbocycles. The number of nitrogens with zero attached hydrogens (tertiary/aromatic N) is 2. The number of para-hydroxylation sites is 4. The third-order valence-electron chi connectivity index (χ3n) is 9.44. The largest absolute Gasteiger partial charge is 0.465 e. The number of furan rings is 2.